The molecular weight excluding hydrogens is 302 g/mol. The van der Waals surface area contributed by atoms with Crippen LogP contribution in [0.15, 0.2) is 18.2 Å². The Labute approximate surface area is 130 Å². The number of amides is 1. The van der Waals surface area contributed by atoms with E-state index in [0.29, 0.717) is 37.3 Å². The third-order valence-corrected chi connectivity index (χ3v) is 6.21. The van der Waals surface area contributed by atoms with Crippen LogP contribution >= 0.6 is 0 Å². The number of carbonyl (C=O) groups excluding carboxylic acids is 1. The first-order valence-corrected chi connectivity index (χ1v) is 9.15. The van der Waals surface area contributed by atoms with Crippen molar-refractivity contribution >= 4 is 21.6 Å². The topological polar surface area (TPSA) is 83.7 Å². The normalized spacial score (nSPS) is 24.0. The van der Waals surface area contributed by atoms with E-state index in [9.17, 15) is 13.2 Å². The van der Waals surface area contributed by atoms with Gasteiger partial charge in [-0.1, -0.05) is 0 Å². The van der Waals surface area contributed by atoms with Gasteiger partial charge in [0.15, 0.2) is 0 Å². The minimum Gasteiger partial charge on any atom is -0.337 e. The monoisotopic (exact) mass is 323 g/mol. The molecule has 6 nitrogen and oxygen atoms in total. The van der Waals surface area contributed by atoms with Crippen LogP contribution in [-0.2, 0) is 10.0 Å². The van der Waals surface area contributed by atoms with Crippen LogP contribution in [-0.4, -0.2) is 50.7 Å². The summed E-state index contributed by atoms with van der Waals surface area (Å²) in [6, 6.07) is 5.29. The van der Waals surface area contributed by atoms with E-state index in [4.69, 9.17) is 5.73 Å². The van der Waals surface area contributed by atoms with Crippen molar-refractivity contribution in [3.63, 3.8) is 0 Å². The fourth-order valence-electron chi connectivity index (χ4n) is 3.11. The summed E-state index contributed by atoms with van der Waals surface area (Å²) in [5.74, 6) is 0.166. The van der Waals surface area contributed by atoms with E-state index in [-0.39, 0.29) is 17.7 Å². The summed E-state index contributed by atoms with van der Waals surface area (Å²) in [4.78, 5) is 14.3. The van der Waals surface area contributed by atoms with Gasteiger partial charge in [0.05, 0.1) is 11.4 Å². The molecular formula is C15H21N3O3S. The molecule has 0 spiro atoms. The maximum Gasteiger partial charge on any atom is 0.254 e. The van der Waals surface area contributed by atoms with Crippen molar-refractivity contribution < 1.29 is 13.2 Å². The highest BCUT2D eigenvalue weighted by Gasteiger charge is 2.30. The predicted octanol–water partition coefficient (Wildman–Crippen LogP) is 0.708. The molecule has 1 amide bonds. The van der Waals surface area contributed by atoms with Crippen molar-refractivity contribution in [3.05, 3.63) is 29.3 Å². The van der Waals surface area contributed by atoms with Crippen molar-refractivity contribution in [2.75, 3.05) is 29.7 Å². The van der Waals surface area contributed by atoms with Gasteiger partial charge >= 0.3 is 0 Å². The molecule has 1 atom stereocenters. The van der Waals surface area contributed by atoms with Crippen molar-refractivity contribution in [2.24, 2.45) is 5.73 Å². The highest BCUT2D eigenvalue weighted by Crippen LogP contribution is 2.27. The Morgan fingerprint density at radius 1 is 1.32 bits per heavy atom. The van der Waals surface area contributed by atoms with Crippen LogP contribution in [0.4, 0.5) is 5.69 Å². The van der Waals surface area contributed by atoms with E-state index >= 15 is 0 Å². The van der Waals surface area contributed by atoms with Crippen LogP contribution in [0.25, 0.3) is 0 Å². The van der Waals surface area contributed by atoms with Gasteiger partial charge in [0, 0.05) is 31.2 Å². The molecule has 0 aliphatic carbocycles. The number of sulfonamides is 1. The number of likely N-dealkylation sites (tertiary alicyclic amines) is 1. The summed E-state index contributed by atoms with van der Waals surface area (Å²) in [5, 5.41) is 0. The minimum atomic E-state index is -3.19. The molecule has 1 aromatic carbocycles. The number of hydrogen-bond acceptors (Lipinski definition) is 4. The number of carbonyl (C=O) groups is 1. The molecule has 2 aliphatic heterocycles. The fraction of sp³-hybridized carbons (Fsp3) is 0.533. The van der Waals surface area contributed by atoms with Crippen molar-refractivity contribution in [2.45, 2.75) is 25.8 Å². The number of aryl methyl sites for hydroxylation is 1. The lowest BCUT2D eigenvalue weighted by Crippen LogP contribution is -2.32. The molecule has 0 unspecified atom stereocenters. The van der Waals surface area contributed by atoms with Gasteiger partial charge in [0.25, 0.3) is 5.91 Å². The van der Waals surface area contributed by atoms with Crippen molar-refractivity contribution in [1.82, 2.24) is 4.90 Å². The van der Waals surface area contributed by atoms with Crippen molar-refractivity contribution in [1.29, 1.82) is 0 Å². The number of anilines is 1. The van der Waals surface area contributed by atoms with Gasteiger partial charge in [0.1, 0.15) is 0 Å². The van der Waals surface area contributed by atoms with Gasteiger partial charge in [0.2, 0.25) is 10.0 Å². The zero-order valence-corrected chi connectivity index (χ0v) is 13.5. The van der Waals surface area contributed by atoms with E-state index in [1.807, 2.05) is 6.92 Å². The van der Waals surface area contributed by atoms with E-state index in [2.05, 4.69) is 0 Å². The Balaban J connectivity index is 1.85. The maximum absolute atomic E-state index is 12.5. The van der Waals surface area contributed by atoms with Crippen LogP contribution in [0.1, 0.15) is 28.8 Å². The number of nitrogens with two attached hydrogens (primary N) is 1. The third kappa shape index (κ3) is 2.70. The minimum absolute atomic E-state index is 0.0266. The largest absolute Gasteiger partial charge is 0.337 e. The first kappa shape index (κ1) is 15.3. The summed E-state index contributed by atoms with van der Waals surface area (Å²) in [5.41, 5.74) is 7.91. The lowest BCUT2D eigenvalue weighted by molar-refractivity contribution is 0.0790. The van der Waals surface area contributed by atoms with E-state index in [0.717, 1.165) is 12.0 Å². The summed E-state index contributed by atoms with van der Waals surface area (Å²) >= 11 is 0. The smallest absolute Gasteiger partial charge is 0.254 e. The van der Waals surface area contributed by atoms with E-state index in [1.165, 1.54) is 4.31 Å². The zero-order chi connectivity index (χ0) is 15.9. The van der Waals surface area contributed by atoms with Gasteiger partial charge in [-0.3, -0.25) is 9.10 Å². The summed E-state index contributed by atoms with van der Waals surface area (Å²) in [6.07, 6.45) is 1.47. The van der Waals surface area contributed by atoms with Crippen LogP contribution in [0.2, 0.25) is 0 Å². The predicted molar refractivity (Wildman–Crippen MR) is 85.4 cm³/mol. The van der Waals surface area contributed by atoms with Crippen molar-refractivity contribution in [3.8, 4) is 0 Å². The molecule has 0 saturated carbocycles. The zero-order valence-electron chi connectivity index (χ0n) is 12.7. The summed E-state index contributed by atoms with van der Waals surface area (Å²) < 4.78 is 25.4. The first-order chi connectivity index (χ1) is 10.4. The highest BCUT2D eigenvalue weighted by molar-refractivity contribution is 7.93. The lowest BCUT2D eigenvalue weighted by Gasteiger charge is -2.20. The van der Waals surface area contributed by atoms with E-state index in [1.54, 1.807) is 23.1 Å². The van der Waals surface area contributed by atoms with Gasteiger partial charge in [-0.25, -0.2) is 8.42 Å². The van der Waals surface area contributed by atoms with Crippen LogP contribution < -0.4 is 10.0 Å². The molecule has 3 rings (SSSR count). The quantitative estimate of drug-likeness (QED) is 0.869. The molecule has 0 aromatic heterocycles. The Kier molecular flexibility index (Phi) is 3.86. The van der Waals surface area contributed by atoms with Gasteiger partial charge in [-0.15, -0.1) is 0 Å². The second-order valence-electron chi connectivity index (χ2n) is 6.04. The second kappa shape index (κ2) is 5.55. The number of hydrogen-bond donors (Lipinski definition) is 1. The Morgan fingerprint density at radius 2 is 2.09 bits per heavy atom. The summed E-state index contributed by atoms with van der Waals surface area (Å²) in [7, 11) is -3.19. The molecule has 2 fully saturated rings. The molecule has 1 aromatic rings. The number of rotatable bonds is 2. The SMILES string of the molecule is Cc1cc(N2CCCS2(=O)=O)ccc1C(=O)N1CC[C@@H](N)C1. The number of benzene rings is 1. The lowest BCUT2D eigenvalue weighted by atomic mass is 10.1. The van der Waals surface area contributed by atoms with E-state index < -0.39 is 10.0 Å². The Morgan fingerprint density at radius 3 is 2.64 bits per heavy atom. The molecule has 0 radical (unpaired) electrons. The van der Waals surface area contributed by atoms with Gasteiger partial charge < -0.3 is 10.6 Å². The average molecular weight is 323 g/mol. The maximum atomic E-state index is 12.5. The number of nitrogens with zero attached hydrogens (tertiary/aromatic N) is 2. The molecule has 7 heteroatoms. The van der Waals surface area contributed by atoms with Crippen LogP contribution in [0, 0.1) is 6.92 Å². The Bertz CT molecular complexity index is 702. The van der Waals surface area contributed by atoms with Crippen LogP contribution in [0.3, 0.4) is 0 Å². The van der Waals surface area contributed by atoms with Gasteiger partial charge in [-0.05, 0) is 43.5 Å². The molecule has 2 aliphatic rings. The molecule has 2 saturated heterocycles. The second-order valence-corrected chi connectivity index (χ2v) is 8.05. The Hall–Kier alpha value is -1.60. The fourth-order valence-corrected chi connectivity index (χ4v) is 4.67. The standard InChI is InChI=1S/C15H21N3O3S/c1-11-9-13(18-6-2-8-22(18,20)21)3-4-14(11)15(19)17-7-5-12(16)10-17/h3-4,9,12H,2,5-8,10,16H2,1H3/t12-/m1/s1. The highest BCUT2D eigenvalue weighted by atomic mass is 32.2. The van der Waals surface area contributed by atoms with Gasteiger partial charge in [-0.2, -0.15) is 0 Å². The molecule has 0 bridgehead atoms. The molecule has 22 heavy (non-hydrogen) atoms. The first-order valence-electron chi connectivity index (χ1n) is 7.54. The molecule has 2 heterocycles. The summed E-state index contributed by atoms with van der Waals surface area (Å²) in [6.45, 7) is 3.62. The molecule has 120 valence electrons. The molecule has 2 N–H and O–H groups in total. The average Bonchev–Trinajstić information content (AvgIpc) is 3.03. The van der Waals surface area contributed by atoms with Crippen LogP contribution in [0.5, 0.6) is 0 Å². The third-order valence-electron chi connectivity index (χ3n) is 4.34.